The number of carbonyl (C=O) groups excluding carboxylic acids is 1. The first-order chi connectivity index (χ1) is 17.4. The van der Waals surface area contributed by atoms with E-state index in [1.807, 2.05) is 6.07 Å². The van der Waals surface area contributed by atoms with Crippen molar-refractivity contribution in [3.05, 3.63) is 59.6 Å². The third-order valence-corrected chi connectivity index (χ3v) is 6.59. The Kier molecular flexibility index (Phi) is 6.67. The lowest BCUT2D eigenvalue weighted by atomic mass is 10.1. The highest BCUT2D eigenvalue weighted by Gasteiger charge is 2.28. The number of pyridine rings is 1. The van der Waals surface area contributed by atoms with Gasteiger partial charge in [-0.2, -0.15) is 0 Å². The Hall–Kier alpha value is -3.82. The van der Waals surface area contributed by atoms with Gasteiger partial charge in [-0.25, -0.2) is 23.7 Å². The fraction of sp³-hybridized carbons (Fsp3) is 0.385. The molecule has 2 aliphatic rings. The van der Waals surface area contributed by atoms with E-state index in [-0.39, 0.29) is 17.8 Å². The van der Waals surface area contributed by atoms with Crippen LogP contribution in [-0.4, -0.2) is 58.6 Å². The number of methoxy groups -OCH3 is 1. The lowest BCUT2D eigenvalue weighted by Gasteiger charge is -2.35. The van der Waals surface area contributed by atoms with E-state index < -0.39 is 11.6 Å². The van der Waals surface area contributed by atoms with Crippen molar-refractivity contribution in [1.82, 2.24) is 19.9 Å². The highest BCUT2D eigenvalue weighted by atomic mass is 19.1. The molecule has 1 aromatic carbocycles. The average Bonchev–Trinajstić information content (AvgIpc) is 2.89. The van der Waals surface area contributed by atoms with Gasteiger partial charge in [-0.3, -0.25) is 4.79 Å². The minimum absolute atomic E-state index is 0.0128. The number of nitrogens with zero attached hydrogens (tertiary/aromatic N) is 5. The average molecular weight is 496 g/mol. The molecule has 0 saturated carbocycles. The molecule has 8 nitrogen and oxygen atoms in total. The smallest absolute Gasteiger partial charge is 0.219 e. The Morgan fingerprint density at radius 1 is 1.06 bits per heavy atom. The van der Waals surface area contributed by atoms with Gasteiger partial charge in [-0.15, -0.1) is 0 Å². The molecule has 36 heavy (non-hydrogen) atoms. The summed E-state index contributed by atoms with van der Waals surface area (Å²) in [4.78, 5) is 30.2. The maximum absolute atomic E-state index is 14.0. The zero-order valence-corrected chi connectivity index (χ0v) is 20.2. The van der Waals surface area contributed by atoms with Crippen molar-refractivity contribution in [1.29, 1.82) is 0 Å². The number of amides is 1. The molecular formula is C26H27F2N5O3. The van der Waals surface area contributed by atoms with Gasteiger partial charge in [0.05, 0.1) is 25.0 Å². The molecule has 0 unspecified atom stereocenters. The van der Waals surface area contributed by atoms with E-state index in [4.69, 9.17) is 19.4 Å². The number of hydrogen-bond acceptors (Lipinski definition) is 7. The summed E-state index contributed by atoms with van der Waals surface area (Å²) in [5.41, 5.74) is 3.17. The Morgan fingerprint density at radius 2 is 1.86 bits per heavy atom. The van der Waals surface area contributed by atoms with Crippen LogP contribution in [0.25, 0.3) is 11.3 Å². The number of anilines is 1. The zero-order chi connectivity index (χ0) is 25.2. The molecule has 1 saturated heterocycles. The lowest BCUT2D eigenvalue weighted by molar-refractivity contribution is -0.129. The van der Waals surface area contributed by atoms with E-state index in [0.29, 0.717) is 57.0 Å². The lowest BCUT2D eigenvalue weighted by Crippen LogP contribution is -2.40. The van der Waals surface area contributed by atoms with Crippen molar-refractivity contribution in [3.63, 3.8) is 0 Å². The normalized spacial score (nSPS) is 16.0. The molecule has 2 aliphatic heterocycles. The summed E-state index contributed by atoms with van der Waals surface area (Å²) >= 11 is 0. The van der Waals surface area contributed by atoms with Crippen molar-refractivity contribution >= 4 is 11.7 Å². The van der Waals surface area contributed by atoms with Gasteiger partial charge < -0.3 is 19.3 Å². The third-order valence-electron chi connectivity index (χ3n) is 6.59. The number of benzene rings is 1. The van der Waals surface area contributed by atoms with Gasteiger partial charge in [0.2, 0.25) is 11.8 Å². The van der Waals surface area contributed by atoms with Crippen molar-refractivity contribution in [2.24, 2.45) is 0 Å². The van der Waals surface area contributed by atoms with Crippen LogP contribution in [0.3, 0.4) is 0 Å². The monoisotopic (exact) mass is 495 g/mol. The van der Waals surface area contributed by atoms with Crippen molar-refractivity contribution in [2.45, 2.75) is 38.8 Å². The maximum Gasteiger partial charge on any atom is 0.219 e. The number of piperidine rings is 1. The second kappa shape index (κ2) is 10.0. The van der Waals surface area contributed by atoms with Gasteiger partial charge >= 0.3 is 0 Å². The standard InChI is InChI=1S/C26H27F2N5O3/c1-16(34)33-12-9-21-22(15-33)30-25(17-3-6-24(35-2)29-14-17)26(31-21)32-10-7-19(8-11-32)36-23-5-4-18(27)13-20(23)28/h3-6,13-14,19H,7-12,15H2,1-2H3. The Labute approximate surface area is 207 Å². The Bertz CT molecular complexity index is 1260. The largest absolute Gasteiger partial charge is 0.487 e. The molecule has 188 valence electrons. The predicted octanol–water partition coefficient (Wildman–Crippen LogP) is 3.78. The minimum Gasteiger partial charge on any atom is -0.487 e. The molecule has 1 fully saturated rings. The fourth-order valence-electron chi connectivity index (χ4n) is 4.58. The molecule has 10 heteroatoms. The van der Waals surface area contributed by atoms with Crippen LogP contribution in [0.5, 0.6) is 11.6 Å². The van der Waals surface area contributed by atoms with Gasteiger partial charge in [0.25, 0.3) is 0 Å². The molecule has 0 spiro atoms. The topological polar surface area (TPSA) is 80.7 Å². The van der Waals surface area contributed by atoms with E-state index in [1.54, 1.807) is 31.2 Å². The summed E-state index contributed by atoms with van der Waals surface area (Å²) in [7, 11) is 1.56. The Morgan fingerprint density at radius 3 is 2.53 bits per heavy atom. The molecule has 0 aliphatic carbocycles. The van der Waals surface area contributed by atoms with E-state index in [0.717, 1.165) is 28.8 Å². The fourth-order valence-corrected chi connectivity index (χ4v) is 4.58. The van der Waals surface area contributed by atoms with Gasteiger partial charge in [-0.1, -0.05) is 0 Å². The molecule has 0 atom stereocenters. The van der Waals surface area contributed by atoms with Gasteiger partial charge in [-0.05, 0) is 18.2 Å². The SMILES string of the molecule is COc1ccc(-c2nc3c(nc2N2CCC(Oc4ccc(F)cc4F)CC2)CCN(C(C)=O)C3)cn1. The van der Waals surface area contributed by atoms with Gasteiger partial charge in [0, 0.05) is 69.7 Å². The van der Waals surface area contributed by atoms with Crippen LogP contribution in [0.2, 0.25) is 0 Å². The first-order valence-electron chi connectivity index (χ1n) is 11.9. The number of halogens is 2. The molecule has 1 amide bonds. The van der Waals surface area contributed by atoms with Crippen LogP contribution < -0.4 is 14.4 Å². The van der Waals surface area contributed by atoms with Gasteiger partial charge in [0.1, 0.15) is 17.6 Å². The van der Waals surface area contributed by atoms with Crippen LogP contribution >= 0.6 is 0 Å². The maximum atomic E-state index is 14.0. The molecule has 0 bridgehead atoms. The summed E-state index contributed by atoms with van der Waals surface area (Å²) in [5, 5.41) is 0. The molecule has 0 radical (unpaired) electrons. The minimum atomic E-state index is -0.702. The van der Waals surface area contributed by atoms with Gasteiger partial charge in [0.15, 0.2) is 17.4 Å². The highest BCUT2D eigenvalue weighted by molar-refractivity contribution is 5.75. The van der Waals surface area contributed by atoms with E-state index in [2.05, 4.69) is 9.88 Å². The first kappa shape index (κ1) is 23.9. The molecule has 2 aromatic heterocycles. The molecule has 5 rings (SSSR count). The number of rotatable bonds is 5. The van der Waals surface area contributed by atoms with Crippen molar-refractivity contribution in [2.75, 3.05) is 31.6 Å². The third kappa shape index (κ3) is 4.93. The van der Waals surface area contributed by atoms with E-state index >= 15 is 0 Å². The predicted molar refractivity (Wildman–Crippen MR) is 129 cm³/mol. The molecule has 4 heterocycles. The van der Waals surface area contributed by atoms with Crippen LogP contribution in [0.1, 0.15) is 31.2 Å². The van der Waals surface area contributed by atoms with Crippen molar-refractivity contribution in [3.8, 4) is 22.9 Å². The number of aromatic nitrogens is 3. The molecule has 3 aromatic rings. The number of fused-ring (bicyclic) bond motifs is 1. The van der Waals surface area contributed by atoms with Crippen molar-refractivity contribution < 1.29 is 23.0 Å². The number of ether oxygens (including phenoxy) is 2. The molecule has 0 N–H and O–H groups in total. The van der Waals surface area contributed by atoms with Crippen LogP contribution in [0, 0.1) is 11.6 Å². The highest BCUT2D eigenvalue weighted by Crippen LogP contribution is 2.33. The summed E-state index contributed by atoms with van der Waals surface area (Å²) in [6.45, 7) is 3.87. The second-order valence-electron chi connectivity index (χ2n) is 8.95. The Balaban J connectivity index is 1.40. The molecular weight excluding hydrogens is 468 g/mol. The summed E-state index contributed by atoms with van der Waals surface area (Å²) in [6.07, 6.45) is 3.45. The van der Waals surface area contributed by atoms with Crippen LogP contribution in [-0.2, 0) is 17.8 Å². The number of carbonyl (C=O) groups is 1. The summed E-state index contributed by atoms with van der Waals surface area (Å²) in [5.74, 6) is -0.00910. The van der Waals surface area contributed by atoms with E-state index in [9.17, 15) is 13.6 Å². The van der Waals surface area contributed by atoms with Crippen LogP contribution in [0.15, 0.2) is 36.5 Å². The summed E-state index contributed by atoms with van der Waals surface area (Å²) < 4.78 is 38.3. The zero-order valence-electron chi connectivity index (χ0n) is 20.2. The first-order valence-corrected chi connectivity index (χ1v) is 11.9. The van der Waals surface area contributed by atoms with E-state index in [1.165, 1.54) is 12.1 Å². The second-order valence-corrected chi connectivity index (χ2v) is 8.95. The number of hydrogen-bond donors (Lipinski definition) is 0. The van der Waals surface area contributed by atoms with Crippen LogP contribution in [0.4, 0.5) is 14.6 Å². The summed E-state index contributed by atoms with van der Waals surface area (Å²) in [6, 6.07) is 7.02. The quantitative estimate of drug-likeness (QED) is 0.533.